The summed E-state index contributed by atoms with van der Waals surface area (Å²) in [6.45, 7) is 2.27. The predicted molar refractivity (Wildman–Crippen MR) is 84.4 cm³/mol. The zero-order valence-corrected chi connectivity index (χ0v) is 13.2. The summed E-state index contributed by atoms with van der Waals surface area (Å²) >= 11 is 0. The zero-order chi connectivity index (χ0) is 14.5. The van der Waals surface area contributed by atoms with Crippen LogP contribution in [0.1, 0.15) is 90.4 Å². The van der Waals surface area contributed by atoms with Crippen LogP contribution in [0.2, 0.25) is 0 Å². The maximum atomic E-state index is 11.2. The number of unbranched alkanes of at least 4 members (excludes halogenated alkanes) is 11. The Hall–Kier alpha value is -0.790. The van der Waals surface area contributed by atoms with E-state index in [9.17, 15) is 4.79 Å². The number of cyclic esters (lactones) is 1. The molecule has 0 aromatic rings. The Kier molecular flexibility index (Phi) is 10.3. The fourth-order valence-electron chi connectivity index (χ4n) is 2.79. The fraction of sp³-hybridized carbons (Fsp3) is 0.833. The molecule has 2 nitrogen and oxygen atoms in total. The van der Waals surface area contributed by atoms with E-state index in [1.807, 2.05) is 6.08 Å². The highest BCUT2D eigenvalue weighted by atomic mass is 16.5. The Morgan fingerprint density at radius 1 is 0.850 bits per heavy atom. The molecular weight excluding hydrogens is 248 g/mol. The summed E-state index contributed by atoms with van der Waals surface area (Å²) in [6, 6.07) is 0. The molecule has 1 heterocycles. The summed E-state index contributed by atoms with van der Waals surface area (Å²) in [7, 11) is 0. The van der Waals surface area contributed by atoms with Crippen LogP contribution in [-0.4, -0.2) is 5.97 Å². The van der Waals surface area contributed by atoms with Crippen molar-refractivity contribution in [3.63, 3.8) is 0 Å². The van der Waals surface area contributed by atoms with Gasteiger partial charge < -0.3 is 4.74 Å². The van der Waals surface area contributed by atoms with Gasteiger partial charge in [0.2, 0.25) is 0 Å². The maximum absolute atomic E-state index is 11.2. The number of carbonyl (C=O) groups excluding carboxylic acids is 1. The molecule has 0 aromatic heterocycles. The maximum Gasteiger partial charge on any atom is 0.317 e. The van der Waals surface area contributed by atoms with Crippen molar-refractivity contribution < 1.29 is 9.53 Å². The molecule has 1 atom stereocenters. The first-order chi connectivity index (χ1) is 9.84. The van der Waals surface area contributed by atoms with Crippen molar-refractivity contribution in [2.75, 3.05) is 0 Å². The molecule has 0 spiro atoms. The van der Waals surface area contributed by atoms with E-state index >= 15 is 0 Å². The molecule has 0 amide bonds. The summed E-state index contributed by atoms with van der Waals surface area (Å²) in [4.78, 5) is 11.2. The summed E-state index contributed by atoms with van der Waals surface area (Å²) in [6.07, 6.45) is 20.7. The van der Waals surface area contributed by atoms with Crippen LogP contribution < -0.4 is 0 Å². The molecule has 20 heavy (non-hydrogen) atoms. The van der Waals surface area contributed by atoms with Gasteiger partial charge in [-0.25, -0.2) is 0 Å². The highest BCUT2D eigenvalue weighted by Crippen LogP contribution is 2.19. The van der Waals surface area contributed by atoms with Crippen LogP contribution in [0.3, 0.4) is 0 Å². The molecule has 2 heteroatoms. The molecule has 0 radical (unpaired) electrons. The van der Waals surface area contributed by atoms with Crippen LogP contribution in [-0.2, 0) is 9.53 Å². The van der Waals surface area contributed by atoms with E-state index in [2.05, 4.69) is 6.92 Å². The lowest BCUT2D eigenvalue weighted by atomic mass is 10.0. The van der Waals surface area contributed by atoms with Crippen LogP contribution in [0.25, 0.3) is 0 Å². The molecule has 1 aliphatic rings. The lowest BCUT2D eigenvalue weighted by molar-refractivity contribution is -0.139. The zero-order valence-electron chi connectivity index (χ0n) is 13.2. The van der Waals surface area contributed by atoms with Crippen LogP contribution >= 0.6 is 0 Å². The molecule has 0 fully saturated rings. The minimum atomic E-state index is -0.0620. The first-order valence-corrected chi connectivity index (χ1v) is 8.71. The fourth-order valence-corrected chi connectivity index (χ4v) is 2.79. The van der Waals surface area contributed by atoms with Gasteiger partial charge in [-0.05, 0) is 12.5 Å². The van der Waals surface area contributed by atoms with Gasteiger partial charge in [-0.2, -0.15) is 0 Å². The molecule has 116 valence electrons. The second-order valence-corrected chi connectivity index (χ2v) is 6.05. The van der Waals surface area contributed by atoms with Crippen molar-refractivity contribution in [3.8, 4) is 0 Å². The molecule has 0 bridgehead atoms. The summed E-state index contributed by atoms with van der Waals surface area (Å²) in [5.74, 6) is -0.0220. The summed E-state index contributed by atoms with van der Waals surface area (Å²) in [5.41, 5.74) is 0. The van der Waals surface area contributed by atoms with Crippen molar-refractivity contribution in [2.45, 2.75) is 90.4 Å². The molecule has 1 unspecified atom stereocenters. The van der Waals surface area contributed by atoms with Gasteiger partial charge >= 0.3 is 5.97 Å². The van der Waals surface area contributed by atoms with Crippen molar-refractivity contribution in [1.82, 2.24) is 0 Å². The van der Waals surface area contributed by atoms with Gasteiger partial charge in [0.05, 0.1) is 12.2 Å². The largest absolute Gasteiger partial charge is 0.434 e. The van der Waals surface area contributed by atoms with E-state index in [1.165, 1.54) is 76.9 Å². The SMILES string of the molecule is CCCCCCCCCCCCCCC1C=COC1=O. The van der Waals surface area contributed by atoms with Gasteiger partial charge in [0.25, 0.3) is 0 Å². The van der Waals surface area contributed by atoms with Gasteiger partial charge in [-0.3, -0.25) is 4.79 Å². The Morgan fingerprint density at radius 3 is 1.80 bits per heavy atom. The van der Waals surface area contributed by atoms with E-state index in [1.54, 1.807) is 0 Å². The molecule has 1 aliphatic heterocycles. The Bertz CT molecular complexity index is 271. The number of ether oxygens (including phenoxy) is 1. The standard InChI is InChI=1S/C18H32O2/c1-2-3-4-5-6-7-8-9-10-11-12-13-14-17-15-16-20-18(17)19/h15-17H,2-14H2,1H3. The number of carbonyl (C=O) groups is 1. The third kappa shape index (κ3) is 8.39. The van der Waals surface area contributed by atoms with Crippen molar-refractivity contribution in [3.05, 3.63) is 12.3 Å². The number of hydrogen-bond acceptors (Lipinski definition) is 2. The second-order valence-electron chi connectivity index (χ2n) is 6.05. The predicted octanol–water partition coefficient (Wildman–Crippen LogP) is 5.76. The smallest absolute Gasteiger partial charge is 0.317 e. The number of esters is 1. The quantitative estimate of drug-likeness (QED) is 0.316. The van der Waals surface area contributed by atoms with E-state index in [4.69, 9.17) is 4.74 Å². The summed E-state index contributed by atoms with van der Waals surface area (Å²) < 4.78 is 4.80. The molecular formula is C18H32O2. The average molecular weight is 280 g/mol. The van der Waals surface area contributed by atoms with Crippen LogP contribution in [0, 0.1) is 5.92 Å². The van der Waals surface area contributed by atoms with Crippen molar-refractivity contribution in [1.29, 1.82) is 0 Å². The van der Waals surface area contributed by atoms with Gasteiger partial charge in [-0.1, -0.05) is 84.0 Å². The van der Waals surface area contributed by atoms with Gasteiger partial charge in [0.15, 0.2) is 0 Å². The van der Waals surface area contributed by atoms with Crippen molar-refractivity contribution in [2.24, 2.45) is 5.92 Å². The number of hydrogen-bond donors (Lipinski definition) is 0. The minimum absolute atomic E-state index is 0.0399. The molecule has 0 saturated heterocycles. The normalized spacial score (nSPS) is 17.6. The van der Waals surface area contributed by atoms with E-state index in [0.29, 0.717) is 0 Å². The van der Waals surface area contributed by atoms with Gasteiger partial charge in [-0.15, -0.1) is 0 Å². The molecule has 0 aliphatic carbocycles. The Labute approximate surface area is 125 Å². The molecule has 0 aromatic carbocycles. The second kappa shape index (κ2) is 12.0. The van der Waals surface area contributed by atoms with Crippen LogP contribution in [0.4, 0.5) is 0 Å². The van der Waals surface area contributed by atoms with Gasteiger partial charge in [0, 0.05) is 0 Å². The topological polar surface area (TPSA) is 26.3 Å². The van der Waals surface area contributed by atoms with E-state index < -0.39 is 0 Å². The highest BCUT2D eigenvalue weighted by Gasteiger charge is 2.20. The molecule has 0 saturated carbocycles. The highest BCUT2D eigenvalue weighted by molar-refractivity contribution is 5.77. The third-order valence-electron chi connectivity index (χ3n) is 4.17. The Morgan fingerprint density at radius 2 is 1.35 bits per heavy atom. The minimum Gasteiger partial charge on any atom is -0.434 e. The van der Waals surface area contributed by atoms with Crippen LogP contribution in [0.15, 0.2) is 12.3 Å². The summed E-state index contributed by atoms with van der Waals surface area (Å²) in [5, 5.41) is 0. The lowest BCUT2D eigenvalue weighted by Crippen LogP contribution is -2.07. The monoisotopic (exact) mass is 280 g/mol. The first-order valence-electron chi connectivity index (χ1n) is 8.71. The van der Waals surface area contributed by atoms with E-state index in [-0.39, 0.29) is 11.9 Å². The molecule has 1 rings (SSSR count). The van der Waals surface area contributed by atoms with Gasteiger partial charge in [0.1, 0.15) is 0 Å². The van der Waals surface area contributed by atoms with E-state index in [0.717, 1.165) is 12.8 Å². The molecule has 0 N–H and O–H groups in total. The average Bonchev–Trinajstić information content (AvgIpc) is 2.85. The first kappa shape index (κ1) is 17.3. The number of rotatable bonds is 13. The Balaban J connectivity index is 1.74. The third-order valence-corrected chi connectivity index (χ3v) is 4.17. The lowest BCUT2D eigenvalue weighted by Gasteiger charge is -2.05. The van der Waals surface area contributed by atoms with Crippen LogP contribution in [0.5, 0.6) is 0 Å². The van der Waals surface area contributed by atoms with Crippen molar-refractivity contribution >= 4 is 5.97 Å².